The molecule has 0 spiro atoms. The van der Waals surface area contributed by atoms with Crippen molar-refractivity contribution in [2.75, 3.05) is 12.8 Å². The third kappa shape index (κ3) is 6.79. The number of hydrogen-bond donors (Lipinski definition) is 3. The van der Waals surface area contributed by atoms with Crippen molar-refractivity contribution in [3.8, 4) is 17.0 Å². The Bertz CT molecular complexity index is 1140. The van der Waals surface area contributed by atoms with Crippen LogP contribution in [0.25, 0.3) is 17.0 Å². The van der Waals surface area contributed by atoms with Crippen molar-refractivity contribution in [2.45, 2.75) is 19.5 Å². The van der Waals surface area contributed by atoms with Gasteiger partial charge < -0.3 is 25.9 Å². The Morgan fingerprint density at radius 3 is 2.52 bits per heavy atom. The predicted molar refractivity (Wildman–Crippen MR) is 115 cm³/mol. The molecule has 2 heterocycles. The lowest BCUT2D eigenvalue weighted by Crippen LogP contribution is -2.26. The maximum Gasteiger partial charge on any atom is 0.573 e. The number of anilines is 1. The van der Waals surface area contributed by atoms with Crippen molar-refractivity contribution in [1.29, 1.82) is 0 Å². The monoisotopic (exact) mass is 461 g/mol. The van der Waals surface area contributed by atoms with Crippen molar-refractivity contribution in [3.63, 3.8) is 0 Å². The van der Waals surface area contributed by atoms with Crippen LogP contribution in [0.15, 0.2) is 54.7 Å². The Hall–Kier alpha value is -3.90. The first kappa shape index (κ1) is 23.8. The summed E-state index contributed by atoms with van der Waals surface area (Å²) >= 11 is 0. The Kier molecular flexibility index (Phi) is 7.30. The van der Waals surface area contributed by atoms with Crippen LogP contribution in [0.4, 0.5) is 19.1 Å². The molecule has 2 aromatic heterocycles. The molecule has 0 fully saturated rings. The van der Waals surface area contributed by atoms with E-state index in [1.807, 2.05) is 12.1 Å². The molecule has 1 aromatic carbocycles. The van der Waals surface area contributed by atoms with E-state index < -0.39 is 12.1 Å². The summed E-state index contributed by atoms with van der Waals surface area (Å²) in [7, 11) is 1.57. The summed E-state index contributed by atoms with van der Waals surface area (Å²) in [6.07, 6.45) is -3.46. The van der Waals surface area contributed by atoms with E-state index in [0.29, 0.717) is 12.3 Å². The fourth-order valence-corrected chi connectivity index (χ4v) is 2.97. The highest BCUT2D eigenvalue weighted by atomic mass is 19.4. The average Bonchev–Trinajstić information content (AvgIpc) is 2.73. The van der Waals surface area contributed by atoms with Crippen molar-refractivity contribution >= 4 is 11.6 Å². The lowest BCUT2D eigenvalue weighted by Gasteiger charge is -2.16. The summed E-state index contributed by atoms with van der Waals surface area (Å²) in [5.74, 6) is 5.42. The SMILES string of the molecule is COCc1cccc(CN(N)/C=C(\N)c2cc(-c3ccccc3OC(F)(F)F)nc(N)n2)n1. The minimum absolute atomic E-state index is 0.0711. The smallest absolute Gasteiger partial charge is 0.405 e. The van der Waals surface area contributed by atoms with Gasteiger partial charge in [-0.2, -0.15) is 0 Å². The molecule has 3 aromatic rings. The van der Waals surface area contributed by atoms with Crippen LogP contribution in [0, 0.1) is 0 Å². The maximum absolute atomic E-state index is 12.8. The van der Waals surface area contributed by atoms with Gasteiger partial charge in [0.05, 0.1) is 41.6 Å². The number of alkyl halides is 3. The van der Waals surface area contributed by atoms with Crippen molar-refractivity contribution in [3.05, 3.63) is 71.8 Å². The summed E-state index contributed by atoms with van der Waals surface area (Å²) in [5.41, 5.74) is 13.8. The lowest BCUT2D eigenvalue weighted by atomic mass is 10.1. The minimum atomic E-state index is -4.87. The topological polar surface area (TPSA) is 138 Å². The van der Waals surface area contributed by atoms with Gasteiger partial charge in [0.25, 0.3) is 0 Å². The van der Waals surface area contributed by atoms with E-state index in [2.05, 4.69) is 19.7 Å². The molecule has 0 aliphatic rings. The zero-order valence-corrected chi connectivity index (χ0v) is 17.6. The van der Waals surface area contributed by atoms with E-state index in [-0.39, 0.29) is 35.1 Å². The number of nitrogens with zero attached hydrogens (tertiary/aromatic N) is 4. The van der Waals surface area contributed by atoms with E-state index in [1.54, 1.807) is 19.2 Å². The van der Waals surface area contributed by atoms with Gasteiger partial charge in [0.15, 0.2) is 0 Å². The number of pyridine rings is 1. The molecule has 0 bridgehead atoms. The van der Waals surface area contributed by atoms with E-state index in [4.69, 9.17) is 22.0 Å². The maximum atomic E-state index is 12.8. The van der Waals surface area contributed by atoms with E-state index >= 15 is 0 Å². The second-order valence-electron chi connectivity index (χ2n) is 6.85. The molecular weight excluding hydrogens is 439 g/mol. The molecule has 9 nitrogen and oxygen atoms in total. The van der Waals surface area contributed by atoms with Gasteiger partial charge in [-0.25, -0.2) is 15.8 Å². The normalized spacial score (nSPS) is 12.0. The van der Waals surface area contributed by atoms with E-state index in [1.165, 1.54) is 35.5 Å². The number of ether oxygens (including phenoxy) is 2. The van der Waals surface area contributed by atoms with Crippen molar-refractivity contribution < 1.29 is 22.6 Å². The average molecular weight is 461 g/mol. The summed E-state index contributed by atoms with van der Waals surface area (Å²) in [6, 6.07) is 12.4. The molecule has 0 radical (unpaired) electrons. The summed E-state index contributed by atoms with van der Waals surface area (Å²) in [6.45, 7) is 0.590. The molecule has 0 saturated heterocycles. The van der Waals surface area contributed by atoms with Gasteiger partial charge in [0.2, 0.25) is 5.95 Å². The number of rotatable bonds is 8. The minimum Gasteiger partial charge on any atom is -0.405 e. The lowest BCUT2D eigenvalue weighted by molar-refractivity contribution is -0.274. The van der Waals surface area contributed by atoms with E-state index in [0.717, 1.165) is 5.69 Å². The van der Waals surface area contributed by atoms with Crippen LogP contribution in [0.1, 0.15) is 17.1 Å². The first-order chi connectivity index (χ1) is 15.6. The Morgan fingerprint density at radius 1 is 1.06 bits per heavy atom. The van der Waals surface area contributed by atoms with Gasteiger partial charge in [0, 0.05) is 18.9 Å². The standard InChI is InChI=1S/C21H22F3N7O2/c1-32-12-14-6-4-5-13(28-14)10-31(27)11-16(25)18-9-17(29-20(26)30-18)15-7-2-3-8-19(15)33-21(22,23)24/h2-9,11H,10,12,25,27H2,1H3,(H2,26,29,30)/b16-11-. The molecule has 0 aliphatic heterocycles. The molecule has 0 amide bonds. The third-order valence-electron chi connectivity index (χ3n) is 4.23. The molecule has 33 heavy (non-hydrogen) atoms. The van der Waals surface area contributed by atoms with Gasteiger partial charge in [-0.3, -0.25) is 4.98 Å². The van der Waals surface area contributed by atoms with Gasteiger partial charge in [0.1, 0.15) is 5.75 Å². The van der Waals surface area contributed by atoms with Crippen LogP contribution in [0.3, 0.4) is 0 Å². The van der Waals surface area contributed by atoms with Gasteiger partial charge in [-0.05, 0) is 30.3 Å². The van der Waals surface area contributed by atoms with Crippen LogP contribution in [0.2, 0.25) is 0 Å². The number of nitrogen functional groups attached to an aromatic ring is 1. The Morgan fingerprint density at radius 2 is 1.79 bits per heavy atom. The number of hydrazine groups is 1. The Balaban J connectivity index is 1.86. The summed E-state index contributed by atoms with van der Waals surface area (Å²) < 4.78 is 47.5. The quantitative estimate of drug-likeness (QED) is 0.341. The fourth-order valence-electron chi connectivity index (χ4n) is 2.97. The summed E-state index contributed by atoms with van der Waals surface area (Å²) in [4.78, 5) is 12.5. The zero-order chi connectivity index (χ0) is 24.0. The number of aromatic nitrogens is 3. The highest BCUT2D eigenvalue weighted by Crippen LogP contribution is 2.33. The van der Waals surface area contributed by atoms with Crippen LogP contribution in [-0.4, -0.2) is 33.4 Å². The van der Waals surface area contributed by atoms with Crippen LogP contribution >= 0.6 is 0 Å². The molecule has 174 valence electrons. The van der Waals surface area contributed by atoms with Gasteiger partial charge >= 0.3 is 6.36 Å². The molecule has 12 heteroatoms. The second kappa shape index (κ2) is 10.1. The first-order valence-corrected chi connectivity index (χ1v) is 9.57. The highest BCUT2D eigenvalue weighted by Gasteiger charge is 2.32. The first-order valence-electron chi connectivity index (χ1n) is 9.57. The van der Waals surface area contributed by atoms with Gasteiger partial charge in [-0.15, -0.1) is 13.2 Å². The number of halogens is 3. The molecule has 0 unspecified atom stereocenters. The molecule has 3 rings (SSSR count). The molecule has 0 aliphatic carbocycles. The number of hydrogen-bond acceptors (Lipinski definition) is 9. The number of para-hydroxylation sites is 1. The molecule has 0 atom stereocenters. The Labute approximate surface area is 187 Å². The van der Waals surface area contributed by atoms with Crippen molar-refractivity contribution in [1.82, 2.24) is 20.0 Å². The highest BCUT2D eigenvalue weighted by molar-refractivity contribution is 5.72. The molecular formula is C21H22F3N7O2. The largest absolute Gasteiger partial charge is 0.573 e. The van der Waals surface area contributed by atoms with Gasteiger partial charge in [-0.1, -0.05) is 18.2 Å². The molecule has 6 N–H and O–H groups in total. The number of nitrogens with two attached hydrogens (primary N) is 3. The van der Waals surface area contributed by atoms with Crippen LogP contribution in [0.5, 0.6) is 5.75 Å². The van der Waals surface area contributed by atoms with Crippen LogP contribution in [-0.2, 0) is 17.9 Å². The number of benzene rings is 1. The molecule has 0 saturated carbocycles. The van der Waals surface area contributed by atoms with Crippen molar-refractivity contribution in [2.24, 2.45) is 11.6 Å². The van der Waals surface area contributed by atoms with Crippen LogP contribution < -0.4 is 22.0 Å². The fraction of sp³-hybridized carbons (Fsp3) is 0.190. The predicted octanol–water partition coefficient (Wildman–Crippen LogP) is 2.80. The van der Waals surface area contributed by atoms with E-state index in [9.17, 15) is 13.2 Å². The third-order valence-corrected chi connectivity index (χ3v) is 4.23. The zero-order valence-electron chi connectivity index (χ0n) is 17.6. The number of methoxy groups -OCH3 is 1. The summed E-state index contributed by atoms with van der Waals surface area (Å²) in [5, 5.41) is 1.30. The second-order valence-corrected chi connectivity index (χ2v) is 6.85.